The van der Waals surface area contributed by atoms with Crippen molar-refractivity contribution in [3.63, 3.8) is 0 Å². The van der Waals surface area contributed by atoms with Gasteiger partial charge in [0.25, 0.3) is 0 Å². The van der Waals surface area contributed by atoms with Gasteiger partial charge in [-0.2, -0.15) is 21.0 Å². The molecule has 0 saturated heterocycles. The molecule has 2 aromatic rings. The van der Waals surface area contributed by atoms with Crippen molar-refractivity contribution in [2.45, 2.75) is 89.9 Å². The first-order valence-corrected chi connectivity index (χ1v) is 13.9. The van der Waals surface area contributed by atoms with Crippen LogP contribution in [-0.2, 0) is 0 Å². The minimum atomic E-state index is 0.365. The lowest BCUT2D eigenvalue weighted by molar-refractivity contribution is 0.304. The Labute approximate surface area is 228 Å². The fraction of sp³-hybridized carbons (Fsp3) is 0.500. The first-order chi connectivity index (χ1) is 18.7. The van der Waals surface area contributed by atoms with Gasteiger partial charge in [-0.05, 0) is 49.2 Å². The van der Waals surface area contributed by atoms with Crippen LogP contribution >= 0.6 is 0 Å². The summed E-state index contributed by atoms with van der Waals surface area (Å²) in [7, 11) is 0. The van der Waals surface area contributed by atoms with Gasteiger partial charge in [-0.25, -0.2) is 0 Å². The molecule has 0 spiro atoms. The molecule has 0 aliphatic carbocycles. The van der Waals surface area contributed by atoms with Crippen LogP contribution in [0.15, 0.2) is 36.4 Å². The number of nitriles is 4. The molecule has 198 valence electrons. The lowest BCUT2D eigenvalue weighted by atomic mass is 10.0. The number of hydrogen-bond donors (Lipinski definition) is 0. The fourth-order valence-corrected chi connectivity index (χ4v) is 4.31. The van der Waals surface area contributed by atoms with Crippen molar-refractivity contribution in [2.75, 3.05) is 13.2 Å². The Bertz CT molecular complexity index is 1060. The third-order valence-electron chi connectivity index (χ3n) is 6.54. The van der Waals surface area contributed by atoms with Crippen LogP contribution in [0.2, 0.25) is 0 Å². The SMILES string of the molecule is N#Cc1ccc(OCCCCCCCCCCCCCCCCOc2ccc(C#N)c(C#N)c2)cc1C#N. The van der Waals surface area contributed by atoms with Crippen molar-refractivity contribution >= 4 is 0 Å². The van der Waals surface area contributed by atoms with Crippen LogP contribution in [0, 0.1) is 45.3 Å². The Morgan fingerprint density at radius 2 is 0.684 bits per heavy atom. The normalized spacial score (nSPS) is 10.1. The van der Waals surface area contributed by atoms with Gasteiger partial charge in [0.15, 0.2) is 0 Å². The summed E-state index contributed by atoms with van der Waals surface area (Å²) >= 11 is 0. The minimum absolute atomic E-state index is 0.365. The summed E-state index contributed by atoms with van der Waals surface area (Å²) in [4.78, 5) is 0. The van der Waals surface area contributed by atoms with Gasteiger partial charge in [0, 0.05) is 0 Å². The number of ether oxygens (including phenoxy) is 2. The molecule has 6 heteroatoms. The average molecular weight is 511 g/mol. The van der Waals surface area contributed by atoms with Gasteiger partial charge in [-0.15, -0.1) is 0 Å². The molecular weight excluding hydrogens is 472 g/mol. The first kappa shape index (κ1) is 30.2. The Balaban J connectivity index is 1.34. The summed E-state index contributed by atoms with van der Waals surface area (Å²) in [5.74, 6) is 1.32. The minimum Gasteiger partial charge on any atom is -0.494 e. The Kier molecular flexibility index (Phi) is 15.2. The maximum atomic E-state index is 9.07. The highest BCUT2D eigenvalue weighted by Crippen LogP contribution is 2.19. The second-order valence-electron chi connectivity index (χ2n) is 9.51. The van der Waals surface area contributed by atoms with Gasteiger partial charge >= 0.3 is 0 Å². The van der Waals surface area contributed by atoms with Crippen LogP contribution in [-0.4, -0.2) is 13.2 Å². The molecule has 0 saturated carbocycles. The quantitative estimate of drug-likeness (QED) is 0.176. The van der Waals surface area contributed by atoms with Crippen molar-refractivity contribution in [2.24, 2.45) is 0 Å². The number of rotatable bonds is 19. The molecule has 0 radical (unpaired) electrons. The number of hydrogen-bond acceptors (Lipinski definition) is 6. The van der Waals surface area contributed by atoms with E-state index in [0.29, 0.717) is 47.0 Å². The van der Waals surface area contributed by atoms with Crippen molar-refractivity contribution < 1.29 is 9.47 Å². The van der Waals surface area contributed by atoms with Gasteiger partial charge < -0.3 is 9.47 Å². The van der Waals surface area contributed by atoms with E-state index in [2.05, 4.69) is 0 Å². The molecule has 0 N–H and O–H groups in total. The first-order valence-electron chi connectivity index (χ1n) is 13.9. The average Bonchev–Trinajstić information content (AvgIpc) is 2.96. The van der Waals surface area contributed by atoms with E-state index in [1.807, 2.05) is 24.3 Å². The zero-order chi connectivity index (χ0) is 27.3. The van der Waals surface area contributed by atoms with Gasteiger partial charge in [-0.3, -0.25) is 0 Å². The molecule has 2 rings (SSSR count). The van der Waals surface area contributed by atoms with Crippen molar-refractivity contribution in [1.29, 1.82) is 21.0 Å². The number of unbranched alkanes of at least 4 members (excludes halogenated alkanes) is 13. The highest BCUT2D eigenvalue weighted by Gasteiger charge is 2.05. The van der Waals surface area contributed by atoms with E-state index in [9.17, 15) is 0 Å². The fourth-order valence-electron chi connectivity index (χ4n) is 4.31. The second-order valence-corrected chi connectivity index (χ2v) is 9.51. The van der Waals surface area contributed by atoms with E-state index in [1.165, 1.54) is 64.2 Å². The molecule has 2 aromatic carbocycles. The Morgan fingerprint density at radius 3 is 0.974 bits per heavy atom. The molecule has 0 amide bonds. The van der Waals surface area contributed by atoms with Crippen molar-refractivity contribution in [1.82, 2.24) is 0 Å². The van der Waals surface area contributed by atoms with Crippen LogP contribution in [0.3, 0.4) is 0 Å². The van der Waals surface area contributed by atoms with E-state index >= 15 is 0 Å². The summed E-state index contributed by atoms with van der Waals surface area (Å²) in [5.41, 5.74) is 1.50. The smallest absolute Gasteiger partial charge is 0.120 e. The predicted molar refractivity (Wildman–Crippen MR) is 147 cm³/mol. The molecule has 38 heavy (non-hydrogen) atoms. The predicted octanol–water partition coefficient (Wildman–Crippen LogP) is 8.09. The van der Waals surface area contributed by atoms with E-state index in [1.54, 1.807) is 36.4 Å². The van der Waals surface area contributed by atoms with Crippen LogP contribution in [0.25, 0.3) is 0 Å². The lowest BCUT2D eigenvalue weighted by Gasteiger charge is -2.07. The molecule has 0 aromatic heterocycles. The topological polar surface area (TPSA) is 114 Å². The molecule has 0 heterocycles. The van der Waals surface area contributed by atoms with E-state index in [0.717, 1.165) is 25.7 Å². The Hall–Kier alpha value is -4.00. The van der Waals surface area contributed by atoms with Crippen LogP contribution in [0.5, 0.6) is 11.5 Å². The third-order valence-corrected chi connectivity index (χ3v) is 6.54. The van der Waals surface area contributed by atoms with Gasteiger partial charge in [0.2, 0.25) is 0 Å². The summed E-state index contributed by atoms with van der Waals surface area (Å²) in [5, 5.41) is 36.1. The molecule has 0 unspecified atom stereocenters. The molecule has 0 atom stereocenters. The summed E-state index contributed by atoms with van der Waals surface area (Å²) < 4.78 is 11.4. The summed E-state index contributed by atoms with van der Waals surface area (Å²) in [6.45, 7) is 1.29. The largest absolute Gasteiger partial charge is 0.494 e. The molecule has 0 bridgehead atoms. The highest BCUT2D eigenvalue weighted by molar-refractivity contribution is 5.49. The standard InChI is InChI=1S/C32H38N4O2/c33-23-27-15-17-31(21-29(27)25-35)37-19-13-11-9-7-5-3-1-2-4-6-8-10-12-14-20-38-32-18-16-28(24-34)30(22-32)26-36/h15-18,21-22H,1-14,19-20H2. The van der Waals surface area contributed by atoms with Gasteiger partial charge in [-0.1, -0.05) is 77.0 Å². The molecule has 0 aliphatic heterocycles. The van der Waals surface area contributed by atoms with E-state index < -0.39 is 0 Å². The summed E-state index contributed by atoms with van der Waals surface area (Å²) in [6.07, 6.45) is 17.2. The molecule has 6 nitrogen and oxygen atoms in total. The number of nitrogens with zero attached hydrogens (tertiary/aromatic N) is 4. The third kappa shape index (κ3) is 11.8. The molecule has 0 aliphatic rings. The van der Waals surface area contributed by atoms with Crippen LogP contribution < -0.4 is 9.47 Å². The lowest BCUT2D eigenvalue weighted by Crippen LogP contribution is -1.98. The van der Waals surface area contributed by atoms with Crippen LogP contribution in [0.4, 0.5) is 0 Å². The zero-order valence-electron chi connectivity index (χ0n) is 22.4. The van der Waals surface area contributed by atoms with Gasteiger partial charge in [0.1, 0.15) is 35.8 Å². The molecular formula is C32H38N4O2. The Morgan fingerprint density at radius 1 is 0.395 bits per heavy atom. The second kappa shape index (κ2) is 19.2. The maximum Gasteiger partial charge on any atom is 0.120 e. The van der Waals surface area contributed by atoms with E-state index in [4.69, 9.17) is 30.5 Å². The highest BCUT2D eigenvalue weighted by atomic mass is 16.5. The zero-order valence-corrected chi connectivity index (χ0v) is 22.4. The van der Waals surface area contributed by atoms with E-state index in [-0.39, 0.29) is 0 Å². The van der Waals surface area contributed by atoms with Crippen LogP contribution in [0.1, 0.15) is 112 Å². The van der Waals surface area contributed by atoms with Crippen molar-refractivity contribution in [3.05, 3.63) is 58.7 Å². The maximum absolute atomic E-state index is 9.07. The monoisotopic (exact) mass is 510 g/mol. The summed E-state index contributed by atoms with van der Waals surface area (Å²) in [6, 6.07) is 18.2. The van der Waals surface area contributed by atoms with Gasteiger partial charge in [0.05, 0.1) is 35.5 Å². The van der Waals surface area contributed by atoms with Crippen molar-refractivity contribution in [3.8, 4) is 35.8 Å². The number of benzene rings is 2. The molecule has 0 fully saturated rings.